The third-order valence-electron chi connectivity index (χ3n) is 9.33. The second-order valence-corrected chi connectivity index (χ2v) is 12.2. The predicted octanol–water partition coefficient (Wildman–Crippen LogP) is 10.8. The van der Waals surface area contributed by atoms with Crippen LogP contribution in [0.25, 0.3) is 65.8 Å². The average molecular weight is 618 g/mol. The van der Waals surface area contributed by atoms with Gasteiger partial charge in [-0.25, -0.2) is 9.98 Å². The Labute approximate surface area is 275 Å². The molecule has 3 heterocycles. The fourth-order valence-electron chi connectivity index (χ4n) is 7.10. The van der Waals surface area contributed by atoms with Crippen LogP contribution in [0.3, 0.4) is 0 Å². The summed E-state index contributed by atoms with van der Waals surface area (Å²) in [5.41, 5.74) is 8.42. The van der Waals surface area contributed by atoms with Gasteiger partial charge in [-0.15, -0.1) is 0 Å². The first-order valence-electron chi connectivity index (χ1n) is 16.1. The van der Waals surface area contributed by atoms with Crippen molar-refractivity contribution in [3.8, 4) is 11.1 Å². The van der Waals surface area contributed by atoms with Crippen LogP contribution in [0.15, 0.2) is 170 Å². The molecule has 10 rings (SSSR count). The van der Waals surface area contributed by atoms with Crippen molar-refractivity contribution in [3.63, 3.8) is 0 Å². The second-order valence-electron chi connectivity index (χ2n) is 12.2. The minimum absolute atomic E-state index is 0.444. The van der Waals surface area contributed by atoms with E-state index in [2.05, 4.69) is 102 Å². The summed E-state index contributed by atoms with van der Waals surface area (Å²) in [6, 6.07) is 52.1. The van der Waals surface area contributed by atoms with Gasteiger partial charge in [0.25, 0.3) is 0 Å². The number of benzene rings is 7. The van der Waals surface area contributed by atoms with Crippen LogP contribution in [0.4, 0.5) is 0 Å². The standard InChI is InChI=1S/C43H27N3O2/c1-3-12-26(13-4-1)30-22-23-33(39-34-24-28-16-7-8-17-29(28)25-37(34)48-40(30)39)43-45-41(27-14-5-2-6-15-27)44-42(46-43)32-19-11-21-36-38(32)31-18-9-10-20-35(31)47-36/h1-25,43H,(H,44,45,46). The molecule has 0 saturated heterocycles. The van der Waals surface area contributed by atoms with Gasteiger partial charge in [0, 0.05) is 43.8 Å². The number of aliphatic imine (C=N–C) groups is 2. The Kier molecular flexibility index (Phi) is 5.87. The number of fused-ring (bicyclic) bond motifs is 7. The zero-order valence-corrected chi connectivity index (χ0v) is 25.7. The maximum atomic E-state index is 6.78. The first-order chi connectivity index (χ1) is 23.8. The molecule has 5 heteroatoms. The van der Waals surface area contributed by atoms with Crippen molar-refractivity contribution < 1.29 is 8.83 Å². The SMILES string of the molecule is c1ccc(C2=NC(c3cccc4oc5ccccc5c34)=NC(c3ccc(-c4ccccc4)c4oc5cc6ccccc6cc5c34)N2)cc1. The number of amidine groups is 2. The van der Waals surface area contributed by atoms with Crippen molar-refractivity contribution >= 4 is 66.3 Å². The molecule has 0 amide bonds. The molecule has 9 aromatic rings. The van der Waals surface area contributed by atoms with E-state index in [1.165, 1.54) is 0 Å². The summed E-state index contributed by atoms with van der Waals surface area (Å²) in [7, 11) is 0. The molecule has 0 spiro atoms. The fourth-order valence-corrected chi connectivity index (χ4v) is 7.10. The number of nitrogens with one attached hydrogen (secondary N) is 1. The lowest BCUT2D eigenvalue weighted by atomic mass is 9.96. The molecule has 48 heavy (non-hydrogen) atoms. The lowest BCUT2D eigenvalue weighted by Gasteiger charge is -2.24. The molecule has 0 aliphatic carbocycles. The van der Waals surface area contributed by atoms with Gasteiger partial charge in [0.2, 0.25) is 0 Å². The summed E-state index contributed by atoms with van der Waals surface area (Å²) < 4.78 is 13.0. The Morgan fingerprint density at radius 3 is 2.04 bits per heavy atom. The van der Waals surface area contributed by atoms with Gasteiger partial charge in [0.1, 0.15) is 34.3 Å². The Balaban J connectivity index is 1.25. The number of hydrogen-bond acceptors (Lipinski definition) is 5. The molecule has 5 nitrogen and oxygen atoms in total. The first kappa shape index (κ1) is 26.7. The molecule has 0 bridgehead atoms. The van der Waals surface area contributed by atoms with E-state index < -0.39 is 6.17 Å². The molecule has 7 aromatic carbocycles. The van der Waals surface area contributed by atoms with Crippen molar-refractivity contribution in [2.24, 2.45) is 9.98 Å². The molecule has 1 atom stereocenters. The molecule has 226 valence electrons. The lowest BCUT2D eigenvalue weighted by Crippen LogP contribution is -2.33. The van der Waals surface area contributed by atoms with E-state index in [-0.39, 0.29) is 0 Å². The summed E-state index contributed by atoms with van der Waals surface area (Å²) in [6.07, 6.45) is -0.444. The van der Waals surface area contributed by atoms with Crippen molar-refractivity contribution in [1.82, 2.24) is 5.32 Å². The maximum absolute atomic E-state index is 6.78. The van der Waals surface area contributed by atoms with Gasteiger partial charge in [-0.3, -0.25) is 0 Å². The van der Waals surface area contributed by atoms with Gasteiger partial charge in [-0.05, 0) is 40.6 Å². The van der Waals surface area contributed by atoms with Crippen LogP contribution in [0.1, 0.15) is 22.9 Å². The van der Waals surface area contributed by atoms with Crippen LogP contribution in [0.5, 0.6) is 0 Å². The third-order valence-corrected chi connectivity index (χ3v) is 9.33. The van der Waals surface area contributed by atoms with E-state index in [1.807, 2.05) is 54.6 Å². The van der Waals surface area contributed by atoms with Crippen LogP contribution in [-0.4, -0.2) is 11.7 Å². The molecule has 1 aliphatic rings. The lowest BCUT2D eigenvalue weighted by molar-refractivity contribution is 0.663. The van der Waals surface area contributed by atoms with Crippen molar-refractivity contribution in [3.05, 3.63) is 168 Å². The summed E-state index contributed by atoms with van der Waals surface area (Å²) in [5, 5.41) is 10.2. The highest BCUT2D eigenvalue weighted by Crippen LogP contribution is 2.42. The Morgan fingerprint density at radius 1 is 0.500 bits per heavy atom. The van der Waals surface area contributed by atoms with Crippen LogP contribution in [-0.2, 0) is 0 Å². The van der Waals surface area contributed by atoms with Crippen LogP contribution in [0.2, 0.25) is 0 Å². The minimum Gasteiger partial charge on any atom is -0.456 e. The normalized spacial score (nSPS) is 14.9. The van der Waals surface area contributed by atoms with Crippen LogP contribution < -0.4 is 5.32 Å². The van der Waals surface area contributed by atoms with Crippen molar-refractivity contribution in [1.29, 1.82) is 0 Å². The highest BCUT2D eigenvalue weighted by atomic mass is 16.3. The second kappa shape index (κ2) is 10.5. The molecular weight excluding hydrogens is 590 g/mol. The van der Waals surface area contributed by atoms with Gasteiger partial charge in [-0.2, -0.15) is 0 Å². The average Bonchev–Trinajstić information content (AvgIpc) is 3.72. The summed E-state index contributed by atoms with van der Waals surface area (Å²) in [4.78, 5) is 10.5. The Hall–Kier alpha value is -6.46. The van der Waals surface area contributed by atoms with E-state index in [1.54, 1.807) is 0 Å². The molecular formula is C43H27N3O2. The largest absolute Gasteiger partial charge is 0.456 e. The molecule has 0 fully saturated rings. The Morgan fingerprint density at radius 2 is 1.21 bits per heavy atom. The van der Waals surface area contributed by atoms with Crippen LogP contribution >= 0.6 is 0 Å². The number of furan rings is 2. The monoisotopic (exact) mass is 617 g/mol. The third kappa shape index (κ3) is 4.18. The van der Waals surface area contributed by atoms with E-state index in [0.29, 0.717) is 5.84 Å². The smallest absolute Gasteiger partial charge is 0.160 e. The van der Waals surface area contributed by atoms with Crippen molar-refractivity contribution in [2.45, 2.75) is 6.17 Å². The summed E-state index contributed by atoms with van der Waals surface area (Å²) in [5.74, 6) is 1.40. The van der Waals surface area contributed by atoms with Gasteiger partial charge < -0.3 is 14.2 Å². The van der Waals surface area contributed by atoms with Gasteiger partial charge >= 0.3 is 0 Å². The number of hydrogen-bond donors (Lipinski definition) is 1. The van der Waals surface area contributed by atoms with Crippen molar-refractivity contribution in [2.75, 3.05) is 0 Å². The van der Waals surface area contributed by atoms with E-state index in [9.17, 15) is 0 Å². The van der Waals surface area contributed by atoms with E-state index >= 15 is 0 Å². The van der Waals surface area contributed by atoms with Gasteiger partial charge in [-0.1, -0.05) is 127 Å². The van der Waals surface area contributed by atoms with E-state index in [0.717, 1.165) is 88.3 Å². The molecule has 1 N–H and O–H groups in total. The molecule has 0 radical (unpaired) electrons. The Bertz CT molecular complexity index is 2760. The first-order valence-corrected chi connectivity index (χ1v) is 16.1. The van der Waals surface area contributed by atoms with Gasteiger partial charge in [0.15, 0.2) is 5.84 Å². The number of rotatable bonds is 4. The van der Waals surface area contributed by atoms with Gasteiger partial charge in [0.05, 0.1) is 0 Å². The fraction of sp³-hybridized carbons (Fsp3) is 0.0233. The minimum atomic E-state index is -0.444. The number of nitrogens with zero attached hydrogens (tertiary/aromatic N) is 2. The number of para-hydroxylation sites is 1. The highest BCUT2D eigenvalue weighted by molar-refractivity contribution is 6.22. The summed E-state index contributed by atoms with van der Waals surface area (Å²) in [6.45, 7) is 0. The highest BCUT2D eigenvalue weighted by Gasteiger charge is 2.27. The zero-order valence-electron chi connectivity index (χ0n) is 25.7. The quantitative estimate of drug-likeness (QED) is 0.214. The predicted molar refractivity (Wildman–Crippen MR) is 196 cm³/mol. The molecule has 0 saturated carbocycles. The molecule has 1 unspecified atom stereocenters. The maximum Gasteiger partial charge on any atom is 0.160 e. The molecule has 1 aliphatic heterocycles. The van der Waals surface area contributed by atoms with Crippen LogP contribution in [0, 0.1) is 0 Å². The molecule has 2 aromatic heterocycles. The summed E-state index contributed by atoms with van der Waals surface area (Å²) >= 11 is 0. The topological polar surface area (TPSA) is 63.0 Å². The zero-order chi connectivity index (χ0) is 31.6. The van der Waals surface area contributed by atoms with E-state index in [4.69, 9.17) is 18.8 Å².